The molecule has 20 heavy (non-hydrogen) atoms. The molecule has 0 spiro atoms. The molecule has 2 fully saturated rings. The lowest BCUT2D eigenvalue weighted by Gasteiger charge is -2.37. The van der Waals surface area contributed by atoms with E-state index in [1.165, 1.54) is 43.7 Å². The second kappa shape index (κ2) is 6.50. The molecule has 1 aromatic rings. The Labute approximate surface area is 121 Å². The number of aromatic nitrogens is 2. The van der Waals surface area contributed by atoms with Crippen molar-refractivity contribution in [2.24, 2.45) is 5.92 Å². The van der Waals surface area contributed by atoms with Gasteiger partial charge in [-0.2, -0.15) is 10.2 Å². The van der Waals surface area contributed by atoms with E-state index in [1.54, 1.807) is 0 Å². The standard InChI is InChI=1S/C15H25N5/c1-13-10-17-18-11-15(13)20-6-2-14(3-7-20)12-19-8-4-16-5-9-19/h10-11,14,16H,2-9,12H2,1H3. The summed E-state index contributed by atoms with van der Waals surface area (Å²) in [6.45, 7) is 10.5. The molecule has 1 aromatic heterocycles. The molecule has 1 N–H and O–H groups in total. The Kier molecular flexibility index (Phi) is 4.47. The zero-order valence-corrected chi connectivity index (χ0v) is 12.4. The van der Waals surface area contributed by atoms with Gasteiger partial charge in [-0.05, 0) is 31.2 Å². The molecule has 3 heterocycles. The maximum Gasteiger partial charge on any atom is 0.0732 e. The summed E-state index contributed by atoms with van der Waals surface area (Å²) in [6, 6.07) is 0. The Morgan fingerprint density at radius 2 is 1.80 bits per heavy atom. The van der Waals surface area contributed by atoms with E-state index in [4.69, 9.17) is 0 Å². The summed E-state index contributed by atoms with van der Waals surface area (Å²) in [5.74, 6) is 0.861. The molecule has 0 aliphatic carbocycles. The van der Waals surface area contributed by atoms with Crippen LogP contribution in [0.5, 0.6) is 0 Å². The molecule has 5 nitrogen and oxygen atoms in total. The van der Waals surface area contributed by atoms with Crippen molar-refractivity contribution in [1.82, 2.24) is 20.4 Å². The molecular formula is C15H25N5. The Morgan fingerprint density at radius 1 is 1.10 bits per heavy atom. The summed E-state index contributed by atoms with van der Waals surface area (Å²) in [7, 11) is 0. The summed E-state index contributed by atoms with van der Waals surface area (Å²) in [5, 5.41) is 11.4. The van der Waals surface area contributed by atoms with Gasteiger partial charge in [-0.1, -0.05) is 0 Å². The Morgan fingerprint density at radius 3 is 2.50 bits per heavy atom. The number of nitrogens with zero attached hydrogens (tertiary/aromatic N) is 4. The molecule has 5 heteroatoms. The van der Waals surface area contributed by atoms with Crippen LogP contribution < -0.4 is 10.2 Å². The second-order valence-corrected chi connectivity index (χ2v) is 6.04. The topological polar surface area (TPSA) is 44.3 Å². The van der Waals surface area contributed by atoms with Crippen LogP contribution in [-0.4, -0.2) is 60.9 Å². The zero-order chi connectivity index (χ0) is 13.8. The molecule has 2 aliphatic heterocycles. The van der Waals surface area contributed by atoms with E-state index < -0.39 is 0 Å². The lowest BCUT2D eigenvalue weighted by atomic mass is 9.95. The predicted molar refractivity (Wildman–Crippen MR) is 81.0 cm³/mol. The number of rotatable bonds is 3. The monoisotopic (exact) mass is 275 g/mol. The molecule has 3 rings (SSSR count). The third kappa shape index (κ3) is 3.27. The number of nitrogens with one attached hydrogen (secondary N) is 1. The lowest BCUT2D eigenvalue weighted by Crippen LogP contribution is -2.47. The van der Waals surface area contributed by atoms with Gasteiger partial charge in [-0.15, -0.1) is 0 Å². The summed E-state index contributed by atoms with van der Waals surface area (Å²) in [4.78, 5) is 5.09. The van der Waals surface area contributed by atoms with Gasteiger partial charge in [0, 0.05) is 45.8 Å². The fourth-order valence-corrected chi connectivity index (χ4v) is 3.32. The van der Waals surface area contributed by atoms with E-state index in [0.717, 1.165) is 32.1 Å². The summed E-state index contributed by atoms with van der Waals surface area (Å²) in [6.07, 6.45) is 6.37. The highest BCUT2D eigenvalue weighted by Gasteiger charge is 2.23. The van der Waals surface area contributed by atoms with Gasteiger partial charge < -0.3 is 15.1 Å². The van der Waals surface area contributed by atoms with E-state index in [2.05, 4.69) is 32.2 Å². The maximum absolute atomic E-state index is 4.03. The van der Waals surface area contributed by atoms with Gasteiger partial charge in [0.25, 0.3) is 0 Å². The number of anilines is 1. The van der Waals surface area contributed by atoms with Gasteiger partial charge in [0.2, 0.25) is 0 Å². The molecule has 2 saturated heterocycles. The number of aryl methyl sites for hydroxylation is 1. The first-order valence-electron chi connectivity index (χ1n) is 7.78. The van der Waals surface area contributed by atoms with Crippen molar-refractivity contribution >= 4 is 5.69 Å². The smallest absolute Gasteiger partial charge is 0.0732 e. The Hall–Kier alpha value is -1.20. The molecule has 0 atom stereocenters. The largest absolute Gasteiger partial charge is 0.370 e. The van der Waals surface area contributed by atoms with Crippen molar-refractivity contribution in [2.75, 3.05) is 50.7 Å². The minimum Gasteiger partial charge on any atom is -0.370 e. The van der Waals surface area contributed by atoms with Crippen LogP contribution in [0.1, 0.15) is 18.4 Å². The summed E-state index contributed by atoms with van der Waals surface area (Å²) < 4.78 is 0. The summed E-state index contributed by atoms with van der Waals surface area (Å²) in [5.41, 5.74) is 2.50. The fourth-order valence-electron chi connectivity index (χ4n) is 3.32. The van der Waals surface area contributed by atoms with Gasteiger partial charge in [0.1, 0.15) is 0 Å². The predicted octanol–water partition coefficient (Wildman–Crippen LogP) is 0.907. The van der Waals surface area contributed by atoms with Gasteiger partial charge in [-0.3, -0.25) is 0 Å². The second-order valence-electron chi connectivity index (χ2n) is 6.04. The Bertz CT molecular complexity index is 422. The molecule has 0 aromatic carbocycles. The van der Waals surface area contributed by atoms with Crippen molar-refractivity contribution in [1.29, 1.82) is 0 Å². The van der Waals surface area contributed by atoms with Crippen molar-refractivity contribution in [2.45, 2.75) is 19.8 Å². The minimum atomic E-state index is 0.861. The SMILES string of the molecule is Cc1cnncc1N1CCC(CN2CCNCC2)CC1. The number of hydrogen-bond donors (Lipinski definition) is 1. The first kappa shape index (κ1) is 13.8. The highest BCUT2D eigenvalue weighted by molar-refractivity contribution is 5.50. The highest BCUT2D eigenvalue weighted by Crippen LogP contribution is 2.25. The van der Waals surface area contributed by atoms with Crippen LogP contribution in [0.4, 0.5) is 5.69 Å². The average Bonchev–Trinajstić information content (AvgIpc) is 2.50. The van der Waals surface area contributed by atoms with Crippen molar-refractivity contribution in [3.05, 3.63) is 18.0 Å². The van der Waals surface area contributed by atoms with Crippen LogP contribution in [0.2, 0.25) is 0 Å². The summed E-state index contributed by atoms with van der Waals surface area (Å²) >= 11 is 0. The third-order valence-corrected chi connectivity index (χ3v) is 4.58. The molecule has 0 radical (unpaired) electrons. The zero-order valence-electron chi connectivity index (χ0n) is 12.4. The van der Waals surface area contributed by atoms with E-state index in [0.29, 0.717) is 0 Å². The highest BCUT2D eigenvalue weighted by atomic mass is 15.2. The molecule has 0 unspecified atom stereocenters. The van der Waals surface area contributed by atoms with Gasteiger partial charge >= 0.3 is 0 Å². The van der Waals surface area contributed by atoms with Crippen molar-refractivity contribution in [3.63, 3.8) is 0 Å². The van der Waals surface area contributed by atoms with Gasteiger partial charge in [0.15, 0.2) is 0 Å². The Balaban J connectivity index is 1.50. The minimum absolute atomic E-state index is 0.861. The van der Waals surface area contributed by atoms with Crippen LogP contribution in [-0.2, 0) is 0 Å². The molecule has 110 valence electrons. The number of piperidine rings is 1. The first-order chi connectivity index (χ1) is 9.83. The quantitative estimate of drug-likeness (QED) is 0.888. The molecule has 2 aliphatic rings. The fraction of sp³-hybridized carbons (Fsp3) is 0.733. The van der Waals surface area contributed by atoms with Crippen LogP contribution >= 0.6 is 0 Å². The molecule has 0 amide bonds. The molecular weight excluding hydrogens is 250 g/mol. The van der Waals surface area contributed by atoms with Crippen molar-refractivity contribution in [3.8, 4) is 0 Å². The third-order valence-electron chi connectivity index (χ3n) is 4.58. The molecule has 0 bridgehead atoms. The normalized spacial score (nSPS) is 22.1. The van der Waals surface area contributed by atoms with Crippen LogP contribution in [0.3, 0.4) is 0 Å². The van der Waals surface area contributed by atoms with Gasteiger partial charge in [-0.25, -0.2) is 0 Å². The number of hydrogen-bond acceptors (Lipinski definition) is 5. The van der Waals surface area contributed by atoms with E-state index in [1.807, 2.05) is 12.4 Å². The van der Waals surface area contributed by atoms with Crippen molar-refractivity contribution < 1.29 is 0 Å². The maximum atomic E-state index is 4.03. The molecule has 0 saturated carbocycles. The van der Waals surface area contributed by atoms with E-state index in [-0.39, 0.29) is 0 Å². The first-order valence-corrected chi connectivity index (χ1v) is 7.78. The number of piperazine rings is 1. The average molecular weight is 275 g/mol. The van der Waals surface area contributed by atoms with Crippen LogP contribution in [0.25, 0.3) is 0 Å². The van der Waals surface area contributed by atoms with E-state index in [9.17, 15) is 0 Å². The lowest BCUT2D eigenvalue weighted by molar-refractivity contribution is 0.190. The van der Waals surface area contributed by atoms with Crippen LogP contribution in [0, 0.1) is 12.8 Å². The van der Waals surface area contributed by atoms with Crippen LogP contribution in [0.15, 0.2) is 12.4 Å². The van der Waals surface area contributed by atoms with E-state index >= 15 is 0 Å². The van der Waals surface area contributed by atoms with Gasteiger partial charge in [0.05, 0.1) is 18.1 Å².